The molecular weight excluding hydrogens is 500 g/mol. The summed E-state index contributed by atoms with van der Waals surface area (Å²) in [6, 6.07) is 12.9. The fraction of sp³-hybridized carbons (Fsp3) is 0.308. The van der Waals surface area contributed by atoms with Crippen LogP contribution in [0.2, 0.25) is 0 Å². The first-order chi connectivity index (χ1) is 16.7. The van der Waals surface area contributed by atoms with Gasteiger partial charge in [-0.25, -0.2) is 25.4 Å². The summed E-state index contributed by atoms with van der Waals surface area (Å²) < 4.78 is 51.0. The molecule has 0 bridgehead atoms. The van der Waals surface area contributed by atoms with Crippen LogP contribution >= 0.6 is 0 Å². The van der Waals surface area contributed by atoms with Crippen LogP contribution in [-0.4, -0.2) is 50.3 Å². The number of sulfonamides is 2. The van der Waals surface area contributed by atoms with Gasteiger partial charge in [-0.05, 0) is 58.4 Å². The molecule has 2 amide bonds. The van der Waals surface area contributed by atoms with Gasteiger partial charge in [0.15, 0.2) is 0 Å². The SMILES string of the molecule is C=C(C)C(=O)N(CCC)S(=O)(=O)c1ccc(C)cc1.CC1=CCN(S(=O)(=O)c2ccc(C)cc2)C1=O. The second-order valence-electron chi connectivity index (χ2n) is 8.52. The van der Waals surface area contributed by atoms with Crippen LogP contribution in [0.4, 0.5) is 0 Å². The molecule has 3 rings (SSSR count). The smallest absolute Gasteiger partial charge is 0.267 e. The van der Waals surface area contributed by atoms with Crippen molar-refractivity contribution in [2.45, 2.75) is 50.8 Å². The Kier molecular flexibility index (Phi) is 9.39. The second kappa shape index (κ2) is 11.7. The Morgan fingerprint density at radius 3 is 1.78 bits per heavy atom. The Morgan fingerprint density at radius 1 is 0.917 bits per heavy atom. The van der Waals surface area contributed by atoms with Crippen LogP contribution in [0.25, 0.3) is 0 Å². The largest absolute Gasteiger partial charge is 0.268 e. The minimum atomic E-state index is -3.80. The Morgan fingerprint density at radius 2 is 1.39 bits per heavy atom. The minimum absolute atomic E-state index is 0.126. The summed E-state index contributed by atoms with van der Waals surface area (Å²) in [7, 11) is -7.51. The number of benzene rings is 2. The summed E-state index contributed by atoms with van der Waals surface area (Å²) in [6.07, 6.45) is 2.18. The Labute approximate surface area is 214 Å². The number of aryl methyl sites for hydroxylation is 2. The average Bonchev–Trinajstić information content (AvgIpc) is 3.16. The maximum absolute atomic E-state index is 12.4. The number of hydrogen-bond acceptors (Lipinski definition) is 6. The molecule has 2 aromatic carbocycles. The molecule has 8 nitrogen and oxygen atoms in total. The van der Waals surface area contributed by atoms with Crippen molar-refractivity contribution in [2.24, 2.45) is 0 Å². The van der Waals surface area contributed by atoms with Crippen molar-refractivity contribution < 1.29 is 26.4 Å². The normalized spacial score (nSPS) is 13.5. The number of carbonyl (C=O) groups is 2. The molecule has 10 heteroatoms. The van der Waals surface area contributed by atoms with Gasteiger partial charge in [-0.3, -0.25) is 9.59 Å². The van der Waals surface area contributed by atoms with E-state index in [2.05, 4.69) is 6.58 Å². The number of carbonyl (C=O) groups excluding carboxylic acids is 2. The third-order valence-corrected chi connectivity index (χ3v) is 8.92. The van der Waals surface area contributed by atoms with Gasteiger partial charge < -0.3 is 0 Å². The van der Waals surface area contributed by atoms with Crippen molar-refractivity contribution >= 4 is 31.9 Å². The lowest BCUT2D eigenvalue weighted by molar-refractivity contribution is -0.123. The molecule has 0 N–H and O–H groups in total. The highest BCUT2D eigenvalue weighted by molar-refractivity contribution is 7.90. The van der Waals surface area contributed by atoms with Gasteiger partial charge in [0.2, 0.25) is 0 Å². The summed E-state index contributed by atoms with van der Waals surface area (Å²) in [6.45, 7) is 12.5. The summed E-state index contributed by atoms with van der Waals surface area (Å²) in [5.74, 6) is -0.993. The standard InChI is InChI=1S/C14H19NO3S.C12H13NO3S/c1-5-10-15(14(16)11(2)3)19(17,18)13-8-6-12(4)7-9-13;1-9-3-5-11(6-4-9)17(15,16)13-8-7-10(2)12(13)14/h6-9H,2,5,10H2,1,3-4H3;3-7H,8H2,1-2H3. The molecular formula is C26H32N2O6S2. The summed E-state index contributed by atoms with van der Waals surface area (Å²) in [5, 5.41) is 0. The average molecular weight is 533 g/mol. The Bertz CT molecular complexity index is 1370. The fourth-order valence-electron chi connectivity index (χ4n) is 3.22. The predicted molar refractivity (Wildman–Crippen MR) is 139 cm³/mol. The molecule has 0 atom stereocenters. The number of amides is 2. The molecule has 0 unspecified atom stereocenters. The molecule has 0 spiro atoms. The van der Waals surface area contributed by atoms with Crippen LogP contribution < -0.4 is 0 Å². The van der Waals surface area contributed by atoms with Crippen LogP contribution in [-0.2, 0) is 29.6 Å². The van der Waals surface area contributed by atoms with E-state index in [-0.39, 0.29) is 28.5 Å². The third kappa shape index (κ3) is 6.50. The molecule has 194 valence electrons. The van der Waals surface area contributed by atoms with Gasteiger partial charge in [0.05, 0.1) is 16.3 Å². The first-order valence-corrected chi connectivity index (χ1v) is 14.2. The van der Waals surface area contributed by atoms with Crippen LogP contribution in [0.5, 0.6) is 0 Å². The number of rotatable bonds is 7. The van der Waals surface area contributed by atoms with Gasteiger partial charge in [0.25, 0.3) is 31.9 Å². The highest BCUT2D eigenvalue weighted by atomic mass is 32.2. The zero-order valence-electron chi connectivity index (χ0n) is 21.2. The van der Waals surface area contributed by atoms with E-state index in [9.17, 15) is 26.4 Å². The first-order valence-electron chi connectivity index (χ1n) is 11.3. The highest BCUT2D eigenvalue weighted by Gasteiger charge is 2.32. The lowest BCUT2D eigenvalue weighted by Crippen LogP contribution is -2.37. The van der Waals surface area contributed by atoms with Crippen LogP contribution in [0.3, 0.4) is 0 Å². The topological polar surface area (TPSA) is 109 Å². The molecule has 0 saturated heterocycles. The molecule has 0 radical (unpaired) electrons. The van der Waals surface area contributed by atoms with Crippen LogP contribution in [0.1, 0.15) is 38.3 Å². The van der Waals surface area contributed by atoms with E-state index in [1.54, 1.807) is 37.3 Å². The maximum atomic E-state index is 12.4. The molecule has 36 heavy (non-hydrogen) atoms. The van der Waals surface area contributed by atoms with Gasteiger partial charge in [-0.1, -0.05) is 55.0 Å². The summed E-state index contributed by atoms with van der Waals surface area (Å²) in [4.78, 5) is 23.9. The highest BCUT2D eigenvalue weighted by Crippen LogP contribution is 2.22. The Balaban J connectivity index is 0.000000255. The first kappa shape index (κ1) is 29.0. The van der Waals surface area contributed by atoms with E-state index in [1.165, 1.54) is 31.2 Å². The van der Waals surface area contributed by atoms with E-state index < -0.39 is 31.9 Å². The lowest BCUT2D eigenvalue weighted by Gasteiger charge is -2.22. The summed E-state index contributed by atoms with van der Waals surface area (Å²) in [5.41, 5.74) is 2.63. The quantitative estimate of drug-likeness (QED) is 0.499. The van der Waals surface area contributed by atoms with Crippen LogP contribution in [0.15, 0.2) is 82.1 Å². The zero-order chi connectivity index (χ0) is 27.3. The van der Waals surface area contributed by atoms with Crippen LogP contribution in [0, 0.1) is 13.8 Å². The van der Waals surface area contributed by atoms with Gasteiger partial charge >= 0.3 is 0 Å². The molecule has 2 aromatic rings. The van der Waals surface area contributed by atoms with Gasteiger partial charge in [-0.15, -0.1) is 0 Å². The van der Waals surface area contributed by atoms with Crippen molar-refractivity contribution in [1.29, 1.82) is 0 Å². The van der Waals surface area contributed by atoms with Gasteiger partial charge in [0, 0.05) is 17.7 Å². The van der Waals surface area contributed by atoms with E-state index in [0.29, 0.717) is 12.0 Å². The van der Waals surface area contributed by atoms with Crippen molar-refractivity contribution in [3.05, 3.63) is 83.5 Å². The van der Waals surface area contributed by atoms with E-state index >= 15 is 0 Å². The summed E-state index contributed by atoms with van der Waals surface area (Å²) >= 11 is 0. The third-order valence-electron chi connectivity index (χ3n) is 5.36. The van der Waals surface area contributed by atoms with Crippen molar-refractivity contribution in [1.82, 2.24) is 8.61 Å². The predicted octanol–water partition coefficient (Wildman–Crippen LogP) is 3.97. The molecule has 1 heterocycles. The van der Waals surface area contributed by atoms with Gasteiger partial charge in [-0.2, -0.15) is 0 Å². The maximum Gasteiger partial charge on any atom is 0.267 e. The van der Waals surface area contributed by atoms with E-state index in [4.69, 9.17) is 0 Å². The molecule has 0 saturated carbocycles. The fourth-order valence-corrected chi connectivity index (χ4v) is 6.12. The monoisotopic (exact) mass is 532 g/mol. The molecule has 1 aliphatic rings. The zero-order valence-corrected chi connectivity index (χ0v) is 22.8. The Hall–Kier alpha value is -3.24. The number of hydrogen-bond donors (Lipinski definition) is 0. The second-order valence-corrected chi connectivity index (χ2v) is 12.2. The molecule has 0 aliphatic carbocycles. The van der Waals surface area contributed by atoms with E-state index in [1.807, 2.05) is 20.8 Å². The van der Waals surface area contributed by atoms with Gasteiger partial charge in [0.1, 0.15) is 0 Å². The minimum Gasteiger partial charge on any atom is -0.268 e. The van der Waals surface area contributed by atoms with Crippen molar-refractivity contribution in [2.75, 3.05) is 13.1 Å². The van der Waals surface area contributed by atoms with Crippen molar-refractivity contribution in [3.8, 4) is 0 Å². The lowest BCUT2D eigenvalue weighted by atomic mass is 10.2. The molecule has 0 aromatic heterocycles. The van der Waals surface area contributed by atoms with Crippen molar-refractivity contribution in [3.63, 3.8) is 0 Å². The van der Waals surface area contributed by atoms with E-state index in [0.717, 1.165) is 19.7 Å². The molecule has 0 fully saturated rings. The molecule has 1 aliphatic heterocycles. The number of nitrogens with zero attached hydrogens (tertiary/aromatic N) is 2.